The number of imidazole rings is 1. The van der Waals surface area contributed by atoms with Gasteiger partial charge in [-0.2, -0.15) is 8.42 Å². The fraction of sp³-hybridized carbons (Fsp3) is 0.143. The third-order valence-corrected chi connectivity index (χ3v) is 4.67. The van der Waals surface area contributed by atoms with Crippen molar-refractivity contribution in [2.24, 2.45) is 0 Å². The van der Waals surface area contributed by atoms with Crippen molar-refractivity contribution in [1.82, 2.24) is 9.97 Å². The van der Waals surface area contributed by atoms with E-state index in [2.05, 4.69) is 20.6 Å². The molecule has 3 aromatic rings. The van der Waals surface area contributed by atoms with Crippen LogP contribution >= 0.6 is 11.6 Å². The molecule has 1 aliphatic heterocycles. The lowest BCUT2D eigenvalue weighted by molar-refractivity contribution is 0.0985. The topological polar surface area (TPSA) is 178 Å². The number of carbonyl (C=O) groups is 2. The number of rotatable bonds is 5. The van der Waals surface area contributed by atoms with Crippen molar-refractivity contribution in [3.8, 4) is 0 Å². The van der Waals surface area contributed by atoms with Crippen molar-refractivity contribution >= 4 is 56.6 Å². The van der Waals surface area contributed by atoms with E-state index in [0.717, 1.165) is 5.69 Å². The molecule has 0 saturated carbocycles. The van der Waals surface area contributed by atoms with Gasteiger partial charge in [0.1, 0.15) is 12.3 Å². The van der Waals surface area contributed by atoms with Gasteiger partial charge in [0, 0.05) is 22.1 Å². The highest BCUT2D eigenvalue weighted by molar-refractivity contribution is 7.85. The maximum absolute atomic E-state index is 12.6. The van der Waals surface area contributed by atoms with Gasteiger partial charge < -0.3 is 20.4 Å². The third kappa shape index (κ3) is 7.53. The van der Waals surface area contributed by atoms with Crippen molar-refractivity contribution in [3.05, 3.63) is 71.3 Å². The van der Waals surface area contributed by atoms with E-state index in [1.807, 2.05) is 0 Å². The van der Waals surface area contributed by atoms with Crippen molar-refractivity contribution < 1.29 is 27.3 Å². The monoisotopic (exact) mass is 520 g/mol. The smallest absolute Gasteiger partial charge is 0.289 e. The van der Waals surface area contributed by atoms with E-state index in [0.29, 0.717) is 35.8 Å². The number of aromatic nitrogens is 2. The summed E-state index contributed by atoms with van der Waals surface area (Å²) in [5, 5.41) is 13.7. The second-order valence-corrected chi connectivity index (χ2v) is 9.03. The van der Waals surface area contributed by atoms with E-state index < -0.39 is 21.9 Å². The fourth-order valence-electron chi connectivity index (χ4n) is 2.94. The summed E-state index contributed by atoms with van der Waals surface area (Å²) in [4.78, 5) is 33.6. The second-order valence-electron chi connectivity index (χ2n) is 7.13. The minimum Gasteiger partial charge on any atom is -0.463 e. The number of halogens is 1. The van der Waals surface area contributed by atoms with Crippen LogP contribution in [-0.2, 0) is 14.9 Å². The molecular weight excluding hydrogens is 500 g/mol. The van der Waals surface area contributed by atoms with Crippen LogP contribution in [0.2, 0.25) is 5.02 Å². The van der Waals surface area contributed by atoms with Gasteiger partial charge in [-0.3, -0.25) is 24.5 Å². The fourth-order valence-corrected chi connectivity index (χ4v) is 3.07. The number of amidine groups is 1. The Hall–Kier alpha value is -3.94. The first-order chi connectivity index (χ1) is 16.5. The number of hydrogen-bond acceptors (Lipinski definition) is 7. The molecule has 184 valence electrons. The standard InChI is InChI=1S/C20H17ClN6O3.CH4O3S/c21-12-1-3-13(4-2-12)25-18(28)16-17(24-11-23-16)19(29)26-14-5-7-15(8-6-14)27-9-10-30-20(27)22;1-5(2,3)4/h1-8,11,22H,9-10H2,(H,23,24)(H,25,28)(H,26,29);1H3,(H,2,3,4). The van der Waals surface area contributed by atoms with Gasteiger partial charge in [0.15, 0.2) is 5.69 Å². The van der Waals surface area contributed by atoms with Crippen LogP contribution in [0.4, 0.5) is 17.1 Å². The number of carbonyl (C=O) groups excluding carboxylic acids is 2. The lowest BCUT2D eigenvalue weighted by Crippen LogP contribution is -2.24. The first-order valence-electron chi connectivity index (χ1n) is 9.94. The van der Waals surface area contributed by atoms with Crippen LogP contribution in [0.1, 0.15) is 21.0 Å². The summed E-state index contributed by atoms with van der Waals surface area (Å²) in [6.07, 6.45) is 2.00. The number of anilines is 3. The van der Waals surface area contributed by atoms with Gasteiger partial charge in [-0.1, -0.05) is 11.6 Å². The summed E-state index contributed by atoms with van der Waals surface area (Å²) in [6, 6.07) is 13.7. The van der Waals surface area contributed by atoms with Gasteiger partial charge in [0.05, 0.1) is 19.1 Å². The zero-order chi connectivity index (χ0) is 25.6. The van der Waals surface area contributed by atoms with E-state index >= 15 is 0 Å². The molecule has 2 heterocycles. The molecule has 35 heavy (non-hydrogen) atoms. The first-order valence-corrected chi connectivity index (χ1v) is 12.2. The normalized spacial score (nSPS) is 12.9. The van der Waals surface area contributed by atoms with Crippen LogP contribution in [-0.4, -0.2) is 60.2 Å². The van der Waals surface area contributed by atoms with E-state index in [-0.39, 0.29) is 17.4 Å². The highest BCUT2D eigenvalue weighted by atomic mass is 35.5. The van der Waals surface area contributed by atoms with Crippen molar-refractivity contribution in [2.75, 3.05) is 34.9 Å². The summed E-state index contributed by atoms with van der Waals surface area (Å²) < 4.78 is 31.0. The van der Waals surface area contributed by atoms with Gasteiger partial charge in [0.2, 0.25) is 0 Å². The zero-order valence-electron chi connectivity index (χ0n) is 18.3. The molecule has 1 aliphatic rings. The van der Waals surface area contributed by atoms with Gasteiger partial charge in [-0.25, -0.2) is 4.98 Å². The number of hydrogen-bond donors (Lipinski definition) is 5. The molecule has 5 N–H and O–H groups in total. The lowest BCUT2D eigenvalue weighted by atomic mass is 10.2. The molecule has 0 radical (unpaired) electrons. The number of H-pyrrole nitrogens is 1. The second kappa shape index (κ2) is 11.0. The Morgan fingerprint density at radius 1 is 1.09 bits per heavy atom. The summed E-state index contributed by atoms with van der Waals surface area (Å²) in [6.45, 7) is 1.07. The predicted octanol–water partition coefficient (Wildman–Crippen LogP) is 2.84. The number of aromatic amines is 1. The average molecular weight is 521 g/mol. The molecule has 1 saturated heterocycles. The Morgan fingerprint density at radius 2 is 1.63 bits per heavy atom. The molecule has 0 bridgehead atoms. The zero-order valence-corrected chi connectivity index (χ0v) is 19.9. The Morgan fingerprint density at radius 3 is 2.17 bits per heavy atom. The molecule has 2 amide bonds. The Kier molecular flexibility index (Phi) is 8.06. The molecule has 0 aliphatic carbocycles. The molecule has 12 nitrogen and oxygen atoms in total. The Bertz CT molecular complexity index is 1320. The summed E-state index contributed by atoms with van der Waals surface area (Å²) in [7, 11) is -3.67. The van der Waals surface area contributed by atoms with E-state index in [4.69, 9.17) is 26.3 Å². The number of ether oxygens (including phenoxy) is 1. The molecule has 1 fully saturated rings. The lowest BCUT2D eigenvalue weighted by Gasteiger charge is -2.15. The Labute approximate surface area is 205 Å². The van der Waals surface area contributed by atoms with Crippen LogP contribution in [0.25, 0.3) is 0 Å². The largest absolute Gasteiger partial charge is 0.463 e. The summed E-state index contributed by atoms with van der Waals surface area (Å²) in [5.41, 5.74) is 1.88. The number of benzene rings is 2. The van der Waals surface area contributed by atoms with Gasteiger partial charge in [-0.05, 0) is 48.5 Å². The number of amides is 2. The summed E-state index contributed by atoms with van der Waals surface area (Å²) >= 11 is 5.84. The SMILES string of the molecule is CS(=O)(=O)O.N=C1OCCN1c1ccc(NC(=O)c2[nH]cnc2C(=O)Nc2ccc(Cl)cc2)cc1. The molecule has 0 unspecified atom stereocenters. The highest BCUT2D eigenvalue weighted by Gasteiger charge is 2.22. The molecule has 2 aromatic carbocycles. The molecule has 4 rings (SSSR count). The third-order valence-electron chi connectivity index (χ3n) is 4.42. The van der Waals surface area contributed by atoms with E-state index in [1.54, 1.807) is 53.4 Å². The van der Waals surface area contributed by atoms with Crippen molar-refractivity contribution in [2.45, 2.75) is 0 Å². The summed E-state index contributed by atoms with van der Waals surface area (Å²) in [5.74, 6) is -1.02. The van der Waals surface area contributed by atoms with Gasteiger partial charge >= 0.3 is 0 Å². The van der Waals surface area contributed by atoms with Crippen LogP contribution < -0.4 is 15.5 Å². The van der Waals surface area contributed by atoms with Crippen molar-refractivity contribution in [1.29, 1.82) is 5.41 Å². The van der Waals surface area contributed by atoms with Crippen LogP contribution in [0.5, 0.6) is 0 Å². The maximum atomic E-state index is 12.6. The minimum atomic E-state index is -3.67. The predicted molar refractivity (Wildman–Crippen MR) is 131 cm³/mol. The Balaban J connectivity index is 0.000000623. The van der Waals surface area contributed by atoms with E-state index in [1.165, 1.54) is 6.33 Å². The molecule has 1 aromatic heterocycles. The highest BCUT2D eigenvalue weighted by Crippen LogP contribution is 2.21. The first kappa shape index (κ1) is 25.7. The van der Waals surface area contributed by atoms with Crippen LogP contribution in [0, 0.1) is 5.41 Å². The molecule has 0 spiro atoms. The molecular formula is C21H21ClN6O6S. The van der Waals surface area contributed by atoms with Gasteiger partial charge in [-0.15, -0.1) is 0 Å². The van der Waals surface area contributed by atoms with Crippen LogP contribution in [0.3, 0.4) is 0 Å². The minimum absolute atomic E-state index is 0.0262. The van der Waals surface area contributed by atoms with Crippen molar-refractivity contribution in [3.63, 3.8) is 0 Å². The quantitative estimate of drug-likeness (QED) is 0.319. The maximum Gasteiger partial charge on any atom is 0.289 e. The average Bonchev–Trinajstić information content (AvgIpc) is 3.44. The number of nitrogens with one attached hydrogen (secondary N) is 4. The number of nitrogens with zero attached hydrogens (tertiary/aromatic N) is 2. The molecule has 0 atom stereocenters. The molecule has 14 heteroatoms. The van der Waals surface area contributed by atoms with E-state index in [9.17, 15) is 18.0 Å². The van der Waals surface area contributed by atoms with Gasteiger partial charge in [0.25, 0.3) is 28.0 Å². The van der Waals surface area contributed by atoms with Crippen LogP contribution in [0.15, 0.2) is 54.9 Å².